The van der Waals surface area contributed by atoms with Crippen molar-refractivity contribution >= 4 is 37.5 Å². The Hall–Kier alpha value is -2.98. The fourth-order valence-corrected chi connectivity index (χ4v) is 4.36. The van der Waals surface area contributed by atoms with Crippen LogP contribution in [-0.4, -0.2) is 8.42 Å². The van der Waals surface area contributed by atoms with Gasteiger partial charge in [-0.2, -0.15) is 0 Å². The summed E-state index contributed by atoms with van der Waals surface area (Å²) in [4.78, 5) is 0. The topological polar surface area (TPSA) is 34.1 Å². The molecule has 0 amide bonds. The molecule has 0 aromatic heterocycles. The Morgan fingerprint density at radius 3 is 1.93 bits per heavy atom. The quantitative estimate of drug-likeness (QED) is 0.427. The van der Waals surface area contributed by atoms with E-state index in [0.29, 0.717) is 5.56 Å². The van der Waals surface area contributed by atoms with Crippen molar-refractivity contribution in [1.82, 2.24) is 0 Å². The van der Waals surface area contributed by atoms with Crippen molar-refractivity contribution in [2.24, 2.45) is 0 Å². The molecule has 4 aromatic carbocycles. The molecule has 0 aliphatic heterocycles. The summed E-state index contributed by atoms with van der Waals surface area (Å²) in [5.41, 5.74) is 1.44. The molecular formula is C23H17FO2S. The first kappa shape index (κ1) is 17.4. The normalized spacial score (nSPS) is 12.2. The van der Waals surface area contributed by atoms with Crippen LogP contribution in [-0.2, 0) is 15.6 Å². The van der Waals surface area contributed by atoms with Crippen LogP contribution in [0.5, 0.6) is 0 Å². The van der Waals surface area contributed by atoms with Gasteiger partial charge < -0.3 is 0 Å². The lowest BCUT2D eigenvalue weighted by Crippen LogP contribution is -2.00. The van der Waals surface area contributed by atoms with E-state index < -0.39 is 9.84 Å². The van der Waals surface area contributed by atoms with Gasteiger partial charge in [0.25, 0.3) is 0 Å². The van der Waals surface area contributed by atoms with Gasteiger partial charge in [-0.1, -0.05) is 60.7 Å². The molecule has 0 atom stereocenters. The van der Waals surface area contributed by atoms with Gasteiger partial charge in [-0.25, -0.2) is 12.8 Å². The summed E-state index contributed by atoms with van der Waals surface area (Å²) in [6, 6.07) is 23.5. The standard InChI is InChI=1S/C23H17FO2S/c24-20-11-9-17(10-12-20)16-27(25,26)14-13-23-21-7-3-1-5-18(21)15-19-6-2-4-8-22(19)23/h1-15H,16H2. The number of rotatable bonds is 4. The number of hydrogen-bond donors (Lipinski definition) is 0. The van der Waals surface area contributed by atoms with Crippen LogP contribution < -0.4 is 0 Å². The average molecular weight is 376 g/mol. The molecule has 0 aliphatic carbocycles. The monoisotopic (exact) mass is 376 g/mol. The van der Waals surface area contributed by atoms with Gasteiger partial charge >= 0.3 is 0 Å². The van der Waals surface area contributed by atoms with E-state index in [4.69, 9.17) is 0 Å². The fraction of sp³-hybridized carbons (Fsp3) is 0.0435. The highest BCUT2D eigenvalue weighted by Crippen LogP contribution is 2.29. The second kappa shape index (κ2) is 6.97. The first-order chi connectivity index (χ1) is 13.0. The Bertz CT molecular complexity index is 1200. The van der Waals surface area contributed by atoms with Crippen LogP contribution in [0.15, 0.2) is 84.3 Å². The first-order valence-corrected chi connectivity index (χ1v) is 10.3. The van der Waals surface area contributed by atoms with Crippen LogP contribution >= 0.6 is 0 Å². The van der Waals surface area contributed by atoms with Crippen LogP contribution in [0.4, 0.5) is 4.39 Å². The van der Waals surface area contributed by atoms with Crippen molar-refractivity contribution in [3.05, 3.63) is 101 Å². The predicted octanol–water partition coefficient (Wildman–Crippen LogP) is 5.72. The van der Waals surface area contributed by atoms with Crippen molar-refractivity contribution in [2.45, 2.75) is 5.75 Å². The van der Waals surface area contributed by atoms with Gasteiger partial charge in [0.1, 0.15) is 5.82 Å². The van der Waals surface area contributed by atoms with Crippen molar-refractivity contribution in [3.63, 3.8) is 0 Å². The minimum absolute atomic E-state index is 0.160. The van der Waals surface area contributed by atoms with Gasteiger partial charge in [0, 0.05) is 5.41 Å². The number of fused-ring (bicyclic) bond motifs is 2. The van der Waals surface area contributed by atoms with Crippen molar-refractivity contribution in [3.8, 4) is 0 Å². The molecule has 0 saturated carbocycles. The molecule has 0 fully saturated rings. The number of sulfone groups is 1. The van der Waals surface area contributed by atoms with E-state index in [1.54, 1.807) is 6.08 Å². The molecule has 4 rings (SSSR count). The minimum Gasteiger partial charge on any atom is -0.224 e. The van der Waals surface area contributed by atoms with Gasteiger partial charge in [0.05, 0.1) is 5.75 Å². The Morgan fingerprint density at radius 2 is 1.33 bits per heavy atom. The third-order valence-corrected chi connectivity index (χ3v) is 5.82. The number of benzene rings is 4. The molecule has 0 bridgehead atoms. The van der Waals surface area contributed by atoms with Gasteiger partial charge in [0.15, 0.2) is 9.84 Å². The lowest BCUT2D eigenvalue weighted by Gasteiger charge is -2.08. The Kier molecular flexibility index (Phi) is 4.50. The Balaban J connectivity index is 1.78. The SMILES string of the molecule is O=S(=O)(C=Cc1c2ccccc2cc2ccccc12)Cc1ccc(F)cc1. The summed E-state index contributed by atoms with van der Waals surface area (Å²) < 4.78 is 38.1. The lowest BCUT2D eigenvalue weighted by molar-refractivity contribution is 0.603. The maximum atomic E-state index is 13.0. The largest absolute Gasteiger partial charge is 0.224 e. The molecule has 27 heavy (non-hydrogen) atoms. The minimum atomic E-state index is -3.49. The Labute approximate surface area is 157 Å². The summed E-state index contributed by atoms with van der Waals surface area (Å²) in [7, 11) is -3.49. The smallest absolute Gasteiger partial charge is 0.175 e. The van der Waals surface area contributed by atoms with Gasteiger partial charge in [-0.05, 0) is 56.9 Å². The first-order valence-electron chi connectivity index (χ1n) is 8.58. The fourth-order valence-electron chi connectivity index (χ4n) is 3.26. The summed E-state index contributed by atoms with van der Waals surface area (Å²) in [6.45, 7) is 0. The predicted molar refractivity (Wildman–Crippen MR) is 110 cm³/mol. The van der Waals surface area contributed by atoms with E-state index in [1.165, 1.54) is 29.7 Å². The highest BCUT2D eigenvalue weighted by atomic mass is 32.2. The second-order valence-electron chi connectivity index (χ2n) is 6.47. The van der Waals surface area contributed by atoms with Crippen LogP contribution in [0.25, 0.3) is 27.6 Å². The van der Waals surface area contributed by atoms with E-state index in [1.807, 2.05) is 48.5 Å². The number of halogens is 1. The van der Waals surface area contributed by atoms with E-state index >= 15 is 0 Å². The molecule has 4 aromatic rings. The number of hydrogen-bond acceptors (Lipinski definition) is 2. The highest BCUT2D eigenvalue weighted by molar-refractivity contribution is 7.93. The van der Waals surface area contributed by atoms with Gasteiger partial charge in [0.2, 0.25) is 0 Å². The zero-order chi connectivity index (χ0) is 18.9. The average Bonchev–Trinajstić information content (AvgIpc) is 2.67. The summed E-state index contributed by atoms with van der Waals surface area (Å²) in [5.74, 6) is -0.541. The molecule has 4 heteroatoms. The molecule has 0 N–H and O–H groups in total. The summed E-state index contributed by atoms with van der Waals surface area (Å²) in [6.07, 6.45) is 1.67. The van der Waals surface area contributed by atoms with Crippen molar-refractivity contribution < 1.29 is 12.8 Å². The van der Waals surface area contributed by atoms with Crippen LogP contribution in [0.3, 0.4) is 0 Å². The van der Waals surface area contributed by atoms with E-state index in [0.717, 1.165) is 27.1 Å². The van der Waals surface area contributed by atoms with E-state index in [9.17, 15) is 12.8 Å². The second-order valence-corrected chi connectivity index (χ2v) is 8.36. The molecule has 0 aliphatic rings. The maximum Gasteiger partial charge on any atom is 0.175 e. The molecule has 0 unspecified atom stereocenters. The van der Waals surface area contributed by atoms with Crippen LogP contribution in [0, 0.1) is 5.82 Å². The Morgan fingerprint density at radius 1 is 0.778 bits per heavy atom. The van der Waals surface area contributed by atoms with Gasteiger partial charge in [-0.3, -0.25) is 0 Å². The van der Waals surface area contributed by atoms with E-state index in [2.05, 4.69) is 6.07 Å². The molecule has 0 spiro atoms. The third-order valence-electron chi connectivity index (χ3n) is 4.54. The third kappa shape index (κ3) is 3.76. The van der Waals surface area contributed by atoms with Crippen molar-refractivity contribution in [2.75, 3.05) is 0 Å². The zero-order valence-electron chi connectivity index (χ0n) is 14.5. The molecule has 0 radical (unpaired) electrons. The lowest BCUT2D eigenvalue weighted by atomic mass is 9.97. The molecule has 2 nitrogen and oxygen atoms in total. The molecule has 0 saturated heterocycles. The van der Waals surface area contributed by atoms with Gasteiger partial charge in [-0.15, -0.1) is 0 Å². The summed E-state index contributed by atoms with van der Waals surface area (Å²) in [5, 5.41) is 5.39. The van der Waals surface area contributed by atoms with Crippen LogP contribution in [0.2, 0.25) is 0 Å². The van der Waals surface area contributed by atoms with Crippen LogP contribution in [0.1, 0.15) is 11.1 Å². The summed E-state index contributed by atoms with van der Waals surface area (Å²) >= 11 is 0. The zero-order valence-corrected chi connectivity index (χ0v) is 15.3. The molecule has 0 heterocycles. The highest BCUT2D eigenvalue weighted by Gasteiger charge is 2.10. The van der Waals surface area contributed by atoms with Crippen molar-refractivity contribution in [1.29, 1.82) is 0 Å². The molecule has 134 valence electrons. The van der Waals surface area contributed by atoms with E-state index in [-0.39, 0.29) is 11.6 Å². The molecular weight excluding hydrogens is 359 g/mol. The maximum absolute atomic E-state index is 13.0.